The van der Waals surface area contributed by atoms with E-state index in [4.69, 9.17) is 5.73 Å². The van der Waals surface area contributed by atoms with Gasteiger partial charge < -0.3 is 5.73 Å². The number of fused-ring (bicyclic) bond motifs is 2. The Bertz CT molecular complexity index is 183. The summed E-state index contributed by atoms with van der Waals surface area (Å²) in [5, 5.41) is 0. The van der Waals surface area contributed by atoms with Crippen LogP contribution in [-0.4, -0.2) is 6.04 Å². The SMILES string of the molecule is CC(N)CCC1CC2C=CC1C2. The third-order valence-electron chi connectivity index (χ3n) is 3.41. The van der Waals surface area contributed by atoms with E-state index in [1.165, 1.54) is 25.7 Å². The lowest BCUT2D eigenvalue weighted by Gasteiger charge is -2.18. The van der Waals surface area contributed by atoms with Gasteiger partial charge in [0.05, 0.1) is 0 Å². The Labute approximate surface area is 75.0 Å². The molecule has 0 heterocycles. The summed E-state index contributed by atoms with van der Waals surface area (Å²) in [6.07, 6.45) is 10.3. The van der Waals surface area contributed by atoms with Gasteiger partial charge in [0.1, 0.15) is 0 Å². The lowest BCUT2D eigenvalue weighted by Crippen LogP contribution is -2.17. The smallest absolute Gasteiger partial charge is 0.00105 e. The Morgan fingerprint density at radius 2 is 2.25 bits per heavy atom. The first-order chi connectivity index (χ1) is 5.75. The lowest BCUT2D eigenvalue weighted by molar-refractivity contribution is 0.390. The van der Waals surface area contributed by atoms with Gasteiger partial charge in [-0.15, -0.1) is 0 Å². The Kier molecular flexibility index (Phi) is 2.22. The maximum absolute atomic E-state index is 5.75. The third-order valence-corrected chi connectivity index (χ3v) is 3.41. The summed E-state index contributed by atoms with van der Waals surface area (Å²) in [4.78, 5) is 0. The largest absolute Gasteiger partial charge is 0.328 e. The van der Waals surface area contributed by atoms with Crippen LogP contribution in [0.1, 0.15) is 32.6 Å². The Morgan fingerprint density at radius 3 is 2.75 bits per heavy atom. The van der Waals surface area contributed by atoms with E-state index in [9.17, 15) is 0 Å². The number of nitrogens with two attached hydrogens (primary N) is 1. The predicted molar refractivity (Wildman–Crippen MR) is 51.7 cm³/mol. The van der Waals surface area contributed by atoms with E-state index < -0.39 is 0 Å². The second kappa shape index (κ2) is 3.21. The number of rotatable bonds is 3. The number of hydrogen-bond acceptors (Lipinski definition) is 1. The molecule has 2 rings (SSSR count). The van der Waals surface area contributed by atoms with E-state index in [2.05, 4.69) is 19.1 Å². The molecule has 0 aromatic rings. The fourth-order valence-corrected chi connectivity index (χ4v) is 2.70. The second-order valence-corrected chi connectivity index (χ2v) is 4.59. The van der Waals surface area contributed by atoms with Crippen LogP contribution in [0.15, 0.2) is 12.2 Å². The van der Waals surface area contributed by atoms with Crippen molar-refractivity contribution in [3.63, 3.8) is 0 Å². The highest BCUT2D eigenvalue weighted by Gasteiger charge is 2.34. The van der Waals surface area contributed by atoms with Crippen LogP contribution in [0, 0.1) is 17.8 Å². The van der Waals surface area contributed by atoms with Gasteiger partial charge in [0, 0.05) is 6.04 Å². The summed E-state index contributed by atoms with van der Waals surface area (Å²) in [5.74, 6) is 2.80. The van der Waals surface area contributed by atoms with Crippen LogP contribution in [-0.2, 0) is 0 Å². The normalized spacial score (nSPS) is 40.7. The van der Waals surface area contributed by atoms with Gasteiger partial charge in [0.25, 0.3) is 0 Å². The van der Waals surface area contributed by atoms with Crippen molar-refractivity contribution in [1.82, 2.24) is 0 Å². The van der Waals surface area contributed by atoms with E-state index in [1.54, 1.807) is 0 Å². The zero-order valence-corrected chi connectivity index (χ0v) is 7.87. The zero-order chi connectivity index (χ0) is 8.55. The van der Waals surface area contributed by atoms with Gasteiger partial charge >= 0.3 is 0 Å². The fourth-order valence-electron chi connectivity index (χ4n) is 2.70. The van der Waals surface area contributed by atoms with Crippen molar-refractivity contribution >= 4 is 0 Å². The first-order valence-electron chi connectivity index (χ1n) is 5.19. The molecule has 0 aromatic carbocycles. The average molecular weight is 165 g/mol. The predicted octanol–water partition coefficient (Wildman–Crippen LogP) is 2.33. The summed E-state index contributed by atoms with van der Waals surface area (Å²) in [6.45, 7) is 2.11. The Balaban J connectivity index is 1.80. The molecule has 0 aromatic heterocycles. The summed E-state index contributed by atoms with van der Waals surface area (Å²) in [7, 11) is 0. The Morgan fingerprint density at radius 1 is 1.42 bits per heavy atom. The van der Waals surface area contributed by atoms with Gasteiger partial charge in [-0.25, -0.2) is 0 Å². The second-order valence-electron chi connectivity index (χ2n) is 4.59. The molecule has 12 heavy (non-hydrogen) atoms. The summed E-state index contributed by atoms with van der Waals surface area (Å²) in [6, 6.07) is 0.396. The van der Waals surface area contributed by atoms with E-state index >= 15 is 0 Å². The average Bonchev–Trinajstić information content (AvgIpc) is 2.60. The van der Waals surface area contributed by atoms with Gasteiger partial charge in [-0.1, -0.05) is 12.2 Å². The number of allylic oxidation sites excluding steroid dienone is 2. The van der Waals surface area contributed by atoms with Crippen molar-refractivity contribution in [2.45, 2.75) is 38.6 Å². The van der Waals surface area contributed by atoms with Crippen molar-refractivity contribution in [1.29, 1.82) is 0 Å². The molecular weight excluding hydrogens is 146 g/mol. The molecule has 68 valence electrons. The molecule has 0 radical (unpaired) electrons. The first-order valence-corrected chi connectivity index (χ1v) is 5.19. The van der Waals surface area contributed by atoms with Gasteiger partial charge in [0.2, 0.25) is 0 Å². The maximum Gasteiger partial charge on any atom is 0.00105 e. The van der Waals surface area contributed by atoms with Crippen LogP contribution < -0.4 is 5.73 Å². The molecule has 1 fully saturated rings. The quantitative estimate of drug-likeness (QED) is 0.638. The molecular formula is C11H19N. The summed E-state index contributed by atoms with van der Waals surface area (Å²) < 4.78 is 0. The third kappa shape index (κ3) is 1.56. The molecule has 1 heteroatoms. The minimum atomic E-state index is 0.396. The Hall–Kier alpha value is -0.300. The van der Waals surface area contributed by atoms with E-state index in [0.29, 0.717) is 6.04 Å². The molecule has 0 amide bonds. The molecule has 0 saturated heterocycles. The van der Waals surface area contributed by atoms with Gasteiger partial charge in [-0.2, -0.15) is 0 Å². The molecule has 2 bridgehead atoms. The van der Waals surface area contributed by atoms with Crippen molar-refractivity contribution in [2.24, 2.45) is 23.5 Å². The molecule has 1 saturated carbocycles. The zero-order valence-electron chi connectivity index (χ0n) is 7.87. The van der Waals surface area contributed by atoms with Crippen LogP contribution in [0.4, 0.5) is 0 Å². The maximum atomic E-state index is 5.75. The summed E-state index contributed by atoms with van der Waals surface area (Å²) >= 11 is 0. The molecule has 1 nitrogen and oxygen atoms in total. The van der Waals surface area contributed by atoms with E-state index in [1.807, 2.05) is 0 Å². The van der Waals surface area contributed by atoms with Gasteiger partial charge in [-0.05, 0) is 50.4 Å². The van der Waals surface area contributed by atoms with Crippen LogP contribution in [0.2, 0.25) is 0 Å². The molecule has 0 spiro atoms. The van der Waals surface area contributed by atoms with E-state index in [0.717, 1.165) is 17.8 Å². The highest BCUT2D eigenvalue weighted by molar-refractivity contribution is 5.09. The summed E-state index contributed by atoms with van der Waals surface area (Å²) in [5.41, 5.74) is 5.75. The molecule has 2 N–H and O–H groups in total. The highest BCUT2D eigenvalue weighted by atomic mass is 14.6. The fraction of sp³-hybridized carbons (Fsp3) is 0.818. The molecule has 2 aliphatic carbocycles. The highest BCUT2D eigenvalue weighted by Crippen LogP contribution is 2.45. The molecule has 2 aliphatic rings. The van der Waals surface area contributed by atoms with Crippen LogP contribution in [0.25, 0.3) is 0 Å². The molecule has 4 atom stereocenters. The molecule has 0 aliphatic heterocycles. The minimum Gasteiger partial charge on any atom is -0.328 e. The minimum absolute atomic E-state index is 0.396. The van der Waals surface area contributed by atoms with Crippen LogP contribution in [0.3, 0.4) is 0 Å². The topological polar surface area (TPSA) is 26.0 Å². The van der Waals surface area contributed by atoms with Gasteiger partial charge in [-0.3, -0.25) is 0 Å². The van der Waals surface area contributed by atoms with Gasteiger partial charge in [0.15, 0.2) is 0 Å². The van der Waals surface area contributed by atoms with Crippen molar-refractivity contribution < 1.29 is 0 Å². The van der Waals surface area contributed by atoms with Crippen molar-refractivity contribution in [2.75, 3.05) is 0 Å². The first kappa shape index (κ1) is 8.31. The standard InChI is InChI=1S/C11H19N/c1-8(12)2-4-10-6-9-3-5-11(10)7-9/h3,5,8-11H,2,4,6-7,12H2,1H3. The van der Waals surface area contributed by atoms with Crippen LogP contribution in [0.5, 0.6) is 0 Å². The molecule has 4 unspecified atom stereocenters. The van der Waals surface area contributed by atoms with Crippen molar-refractivity contribution in [3.05, 3.63) is 12.2 Å². The monoisotopic (exact) mass is 165 g/mol. The lowest BCUT2D eigenvalue weighted by atomic mass is 9.88. The van der Waals surface area contributed by atoms with Crippen molar-refractivity contribution in [3.8, 4) is 0 Å². The van der Waals surface area contributed by atoms with Crippen LogP contribution >= 0.6 is 0 Å². The van der Waals surface area contributed by atoms with E-state index in [-0.39, 0.29) is 0 Å². The number of hydrogen-bond donors (Lipinski definition) is 1.